The fourth-order valence-electron chi connectivity index (χ4n) is 7.87. The Hall–Kier alpha value is -6.88. The van der Waals surface area contributed by atoms with Crippen molar-refractivity contribution in [2.24, 2.45) is 0 Å². The normalized spacial score (nSPS) is 11.6. The van der Waals surface area contributed by atoms with Crippen LogP contribution in [0.25, 0.3) is 0 Å². The maximum atomic E-state index is 15.4. The van der Waals surface area contributed by atoms with Crippen LogP contribution >= 0.6 is 11.8 Å². The molecule has 8 rings (SSSR count). The van der Waals surface area contributed by atoms with Crippen molar-refractivity contribution in [2.75, 3.05) is 0 Å². The minimum atomic E-state index is -7.22. The number of benzene rings is 8. The van der Waals surface area contributed by atoms with E-state index in [1.165, 1.54) is 30.0 Å². The second-order valence-electron chi connectivity index (χ2n) is 15.1. The Bertz CT molecular complexity index is 2980. The second-order valence-corrected chi connectivity index (χ2v) is 18.2. The van der Waals surface area contributed by atoms with Gasteiger partial charge in [0.25, 0.3) is 0 Å². The number of rotatable bonds is 9. The lowest BCUT2D eigenvalue weighted by Gasteiger charge is -2.44. The molecular weight excluding hydrogens is 1040 g/mol. The summed E-state index contributed by atoms with van der Waals surface area (Å²) in [5, 5.41) is 0. The Morgan fingerprint density at radius 1 is 0.292 bits per heavy atom. The molecule has 72 heavy (non-hydrogen) atoms. The van der Waals surface area contributed by atoms with E-state index in [0.29, 0.717) is 0 Å². The van der Waals surface area contributed by atoms with E-state index in [1.54, 1.807) is 0 Å². The molecule has 0 heterocycles. The third-order valence-electron chi connectivity index (χ3n) is 11.0. The summed E-state index contributed by atoms with van der Waals surface area (Å²) in [5.74, 6) is -71.4. The van der Waals surface area contributed by atoms with Crippen LogP contribution in [0.5, 0.6) is 0 Å². The molecule has 0 unspecified atom stereocenters. The first kappa shape index (κ1) is 52.9. The highest BCUT2D eigenvalue weighted by Gasteiger charge is 2.52. The molecule has 0 aliphatic rings. The summed E-state index contributed by atoms with van der Waals surface area (Å²) in [4.78, 5) is 6.66. The molecule has 372 valence electrons. The average Bonchev–Trinajstić information content (AvgIpc) is 3.38. The van der Waals surface area contributed by atoms with Crippen LogP contribution in [-0.4, -0.2) is 6.15 Å². The van der Waals surface area contributed by atoms with Gasteiger partial charge >= 0.3 is 0 Å². The van der Waals surface area contributed by atoms with Gasteiger partial charge in [-0.1, -0.05) is 66.4 Å². The van der Waals surface area contributed by atoms with Crippen LogP contribution in [0, 0.1) is 123 Å². The van der Waals surface area contributed by atoms with Crippen LogP contribution in [0.2, 0.25) is 0 Å². The third kappa shape index (κ3) is 8.83. The number of aryl methyl sites for hydroxylation is 1. The number of hydrogen-bond donors (Lipinski definition) is 0. The Labute approximate surface area is 399 Å². The highest BCUT2D eigenvalue weighted by molar-refractivity contribution is 7.99. The summed E-state index contributed by atoms with van der Waals surface area (Å²) < 4.78 is 294. The first-order chi connectivity index (χ1) is 34.0. The summed E-state index contributed by atoms with van der Waals surface area (Å²) in [6, 6.07) is 39.1. The van der Waals surface area contributed by atoms with E-state index in [1.807, 2.05) is 11.8 Å². The van der Waals surface area contributed by atoms with Crippen molar-refractivity contribution in [2.45, 2.75) is 31.4 Å². The monoisotopic (exact) mass is 1060 g/mol. The molecule has 0 radical (unpaired) electrons. The third-order valence-corrected chi connectivity index (χ3v) is 14.4. The van der Waals surface area contributed by atoms with Crippen LogP contribution in [0.4, 0.5) is 87.8 Å². The fraction of sp³-hybridized carbons (Fsp3) is 0.0204. The molecule has 8 aromatic rings. The van der Waals surface area contributed by atoms with E-state index in [4.69, 9.17) is 0 Å². The highest BCUT2D eigenvalue weighted by Crippen LogP contribution is 2.37. The molecule has 23 heteroatoms. The Balaban J connectivity index is 0.000000238. The van der Waals surface area contributed by atoms with Gasteiger partial charge in [0.2, 0.25) is 0 Å². The lowest BCUT2D eigenvalue weighted by molar-refractivity contribution is 0.378. The molecule has 0 atom stereocenters. The Morgan fingerprint density at radius 3 is 0.806 bits per heavy atom. The Kier molecular flexibility index (Phi) is 15.2. The molecular formula is C49H21BF20S2. The summed E-state index contributed by atoms with van der Waals surface area (Å²) in [6.45, 7) is 2.21. The van der Waals surface area contributed by atoms with Gasteiger partial charge in [0, 0.05) is 9.79 Å². The minimum absolute atomic E-state index is 0.0889. The minimum Gasteiger partial charge on any atom is -0.207 e. The van der Waals surface area contributed by atoms with Gasteiger partial charge in [-0.15, -0.1) is 21.9 Å². The lowest BCUT2D eigenvalue weighted by Crippen LogP contribution is -2.81. The van der Waals surface area contributed by atoms with Crippen molar-refractivity contribution >= 4 is 50.7 Å². The highest BCUT2D eigenvalue weighted by atomic mass is 32.2. The van der Waals surface area contributed by atoms with Crippen LogP contribution in [0.15, 0.2) is 134 Å². The van der Waals surface area contributed by atoms with E-state index in [2.05, 4.69) is 116 Å². The predicted molar refractivity (Wildman–Crippen MR) is 226 cm³/mol. The average molecular weight is 1060 g/mol. The van der Waals surface area contributed by atoms with E-state index in [0.717, 1.165) is 0 Å². The van der Waals surface area contributed by atoms with Gasteiger partial charge < -0.3 is 0 Å². The Morgan fingerprint density at radius 2 is 0.542 bits per heavy atom. The first-order valence-corrected chi connectivity index (χ1v) is 22.0. The summed E-state index contributed by atoms with van der Waals surface area (Å²) >= 11 is 1.83. The summed E-state index contributed by atoms with van der Waals surface area (Å²) in [6.07, 6.45) is -7.22. The van der Waals surface area contributed by atoms with Crippen LogP contribution in [0.1, 0.15) is 5.56 Å². The molecule has 0 fully saturated rings. The molecule has 0 N–H and O–H groups in total. The predicted octanol–water partition coefficient (Wildman–Crippen LogP) is 13.1. The van der Waals surface area contributed by atoms with Crippen LogP contribution in [0.3, 0.4) is 0 Å². The summed E-state index contributed by atoms with van der Waals surface area (Å²) in [5.41, 5.74) is -13.0. The van der Waals surface area contributed by atoms with Gasteiger partial charge in [-0.2, -0.15) is 0 Å². The molecule has 0 saturated heterocycles. The van der Waals surface area contributed by atoms with E-state index < -0.39 is 144 Å². The van der Waals surface area contributed by atoms with Crippen molar-refractivity contribution in [3.05, 3.63) is 231 Å². The molecule has 0 saturated carbocycles. The molecule has 0 nitrogen and oxygen atoms in total. The van der Waals surface area contributed by atoms with Gasteiger partial charge in [0.1, 0.15) is 52.7 Å². The lowest BCUT2D eigenvalue weighted by atomic mass is 9.12. The van der Waals surface area contributed by atoms with E-state index >= 15 is 35.1 Å². The maximum absolute atomic E-state index is 15.4. The van der Waals surface area contributed by atoms with Gasteiger partial charge in [-0.25, -0.2) is 87.8 Å². The zero-order valence-electron chi connectivity index (χ0n) is 35.3. The van der Waals surface area contributed by atoms with Crippen molar-refractivity contribution in [1.82, 2.24) is 0 Å². The van der Waals surface area contributed by atoms with E-state index in [9.17, 15) is 52.7 Å². The number of halogens is 20. The molecule has 8 aromatic carbocycles. The quantitative estimate of drug-likeness (QED) is 0.0456. The van der Waals surface area contributed by atoms with Crippen molar-refractivity contribution in [1.29, 1.82) is 0 Å². The zero-order chi connectivity index (χ0) is 52.8. The molecule has 0 aliphatic carbocycles. The maximum Gasteiger partial charge on any atom is 0.200 e. The molecule has 0 amide bonds. The van der Waals surface area contributed by atoms with Gasteiger partial charge in [-0.3, -0.25) is 0 Å². The first-order valence-electron chi connectivity index (χ1n) is 19.9. The van der Waals surface area contributed by atoms with Crippen molar-refractivity contribution < 1.29 is 87.8 Å². The van der Waals surface area contributed by atoms with Gasteiger partial charge in [0.15, 0.2) is 84.5 Å². The molecule has 0 aromatic heterocycles. The van der Waals surface area contributed by atoms with Gasteiger partial charge in [-0.05, 0) is 67.1 Å². The molecule has 0 spiro atoms. The van der Waals surface area contributed by atoms with Crippen molar-refractivity contribution in [3.8, 4) is 0 Å². The topological polar surface area (TPSA) is 0 Å². The zero-order valence-corrected chi connectivity index (χ0v) is 37.0. The largest absolute Gasteiger partial charge is 0.207 e. The SMILES string of the molecule is Cc1cc([S+](c2ccccc2)c2ccccc2)ccc1Sc1ccccc1.Fc1c(F)c(F)c([B-](c2c(F)c(F)c(F)c(F)c2F)(c2c(F)c(F)c(F)c(F)c2F)c2c(F)c(F)c(F)c(F)c2F)c(F)c1F. The summed E-state index contributed by atoms with van der Waals surface area (Å²) in [7, 11) is -0.0889. The van der Waals surface area contributed by atoms with Crippen molar-refractivity contribution in [3.63, 3.8) is 0 Å². The fourth-order valence-corrected chi connectivity index (χ4v) is 11.0. The second kappa shape index (κ2) is 20.7. The van der Waals surface area contributed by atoms with Gasteiger partial charge in [0.05, 0.1) is 10.9 Å². The van der Waals surface area contributed by atoms with Crippen LogP contribution in [-0.2, 0) is 10.9 Å². The molecule has 0 bridgehead atoms. The van der Waals surface area contributed by atoms with Crippen LogP contribution < -0.4 is 21.9 Å². The smallest absolute Gasteiger partial charge is 0.200 e. The number of hydrogen-bond acceptors (Lipinski definition) is 1. The standard InChI is InChI=1S/C25H21S2.C24BF20/c1-20-19-24(17-18-25(20)26-21-11-5-2-6-12-21)27(22-13-7-3-8-14-22)23-15-9-4-10-16-23;26-5-1(6(27)14(35)21(42)13(5)34)25(2-7(28)15(36)22(43)16(37)8(2)29,3-9(30)17(38)23(44)18(39)10(3)31)4-11(32)19(40)24(45)20(41)12(4)33/h2-19H,1H3;/q+1;-1. The molecule has 0 aliphatic heterocycles. The van der Waals surface area contributed by atoms with E-state index in [-0.39, 0.29) is 10.9 Å².